The summed E-state index contributed by atoms with van der Waals surface area (Å²) in [7, 11) is 0. The minimum absolute atomic E-state index is 0.0652. The van der Waals surface area contributed by atoms with Gasteiger partial charge in [0, 0.05) is 23.3 Å². The van der Waals surface area contributed by atoms with Crippen LogP contribution in [0.15, 0.2) is 53.1 Å². The van der Waals surface area contributed by atoms with Crippen molar-refractivity contribution in [3.05, 3.63) is 64.5 Å². The van der Waals surface area contributed by atoms with Gasteiger partial charge in [-0.05, 0) is 18.2 Å². The van der Waals surface area contributed by atoms with Crippen molar-refractivity contribution in [1.82, 2.24) is 10.1 Å². The van der Waals surface area contributed by atoms with E-state index in [0.717, 1.165) is 0 Å². The fourth-order valence-corrected chi connectivity index (χ4v) is 1.84. The average Bonchev–Trinajstić information content (AvgIpc) is 2.97. The van der Waals surface area contributed by atoms with E-state index in [1.807, 2.05) is 0 Å². The van der Waals surface area contributed by atoms with Crippen molar-refractivity contribution in [3.8, 4) is 22.8 Å². The first-order valence-electron chi connectivity index (χ1n) is 5.98. The monoisotopic (exact) mass is 285 g/mol. The molecule has 1 heterocycles. The van der Waals surface area contributed by atoms with Crippen LogP contribution in [0.2, 0.25) is 0 Å². The van der Waals surface area contributed by atoms with Gasteiger partial charge in [0.15, 0.2) is 0 Å². The van der Waals surface area contributed by atoms with Crippen LogP contribution in [-0.4, -0.2) is 15.1 Å². The summed E-state index contributed by atoms with van der Waals surface area (Å²) < 4.78 is 18.2. The molecule has 0 bridgehead atoms. The number of hydrogen-bond donors (Lipinski definition) is 0. The lowest BCUT2D eigenvalue weighted by Crippen LogP contribution is -1.88. The Morgan fingerprint density at radius 1 is 1.10 bits per heavy atom. The molecule has 3 rings (SSSR count). The summed E-state index contributed by atoms with van der Waals surface area (Å²) >= 11 is 0. The summed E-state index contributed by atoms with van der Waals surface area (Å²) in [6, 6.07) is 11.6. The molecule has 6 nitrogen and oxygen atoms in total. The first-order chi connectivity index (χ1) is 10.1. The summed E-state index contributed by atoms with van der Waals surface area (Å²) in [6.07, 6.45) is 0. The number of rotatable bonds is 3. The Morgan fingerprint density at radius 2 is 1.86 bits per heavy atom. The highest BCUT2D eigenvalue weighted by molar-refractivity contribution is 5.62. The Hall–Kier alpha value is -3.09. The third kappa shape index (κ3) is 2.62. The van der Waals surface area contributed by atoms with Crippen LogP contribution in [0.25, 0.3) is 22.8 Å². The normalized spacial score (nSPS) is 10.5. The summed E-state index contributed by atoms with van der Waals surface area (Å²) in [5.41, 5.74) is 0.833. The van der Waals surface area contributed by atoms with E-state index in [4.69, 9.17) is 4.52 Å². The summed E-state index contributed by atoms with van der Waals surface area (Å²) in [5, 5.41) is 14.5. The zero-order valence-electron chi connectivity index (χ0n) is 10.6. The van der Waals surface area contributed by atoms with Gasteiger partial charge < -0.3 is 4.52 Å². The van der Waals surface area contributed by atoms with Gasteiger partial charge in [0.05, 0.1) is 4.92 Å². The van der Waals surface area contributed by atoms with E-state index < -0.39 is 10.7 Å². The highest BCUT2D eigenvalue weighted by atomic mass is 19.1. The lowest BCUT2D eigenvalue weighted by Gasteiger charge is -1.94. The number of nitro benzene ring substituents is 1. The number of benzene rings is 2. The Morgan fingerprint density at radius 3 is 2.62 bits per heavy atom. The molecule has 0 radical (unpaired) electrons. The van der Waals surface area contributed by atoms with Crippen molar-refractivity contribution in [2.45, 2.75) is 0 Å². The van der Waals surface area contributed by atoms with E-state index in [2.05, 4.69) is 10.1 Å². The third-order valence-corrected chi connectivity index (χ3v) is 2.81. The van der Waals surface area contributed by atoms with Crippen LogP contribution in [0.4, 0.5) is 10.1 Å². The summed E-state index contributed by atoms with van der Waals surface area (Å²) in [5.74, 6) is -0.0587. The molecule has 104 valence electrons. The van der Waals surface area contributed by atoms with Crippen LogP contribution >= 0.6 is 0 Å². The fourth-order valence-electron chi connectivity index (χ4n) is 1.84. The molecule has 0 N–H and O–H groups in total. The Labute approximate surface area is 118 Å². The fraction of sp³-hybridized carbons (Fsp3) is 0. The van der Waals surface area contributed by atoms with E-state index in [9.17, 15) is 14.5 Å². The molecule has 0 aliphatic heterocycles. The molecule has 0 saturated heterocycles. The zero-order valence-corrected chi connectivity index (χ0v) is 10.6. The second kappa shape index (κ2) is 5.12. The molecule has 0 spiro atoms. The predicted octanol–water partition coefficient (Wildman–Crippen LogP) is 3.45. The van der Waals surface area contributed by atoms with E-state index in [1.54, 1.807) is 12.1 Å². The lowest BCUT2D eigenvalue weighted by molar-refractivity contribution is -0.384. The SMILES string of the molecule is O=[N+]([O-])c1cccc(-c2noc(-c3cccc(F)c3)n2)c1. The minimum atomic E-state index is -0.503. The van der Waals surface area contributed by atoms with E-state index >= 15 is 0 Å². The lowest BCUT2D eigenvalue weighted by atomic mass is 10.2. The molecule has 0 aliphatic rings. The van der Waals surface area contributed by atoms with Gasteiger partial charge in [0.1, 0.15) is 5.82 Å². The molecule has 7 heteroatoms. The molecule has 0 fully saturated rings. The summed E-state index contributed by atoms with van der Waals surface area (Å²) in [4.78, 5) is 14.4. The maximum absolute atomic E-state index is 13.2. The van der Waals surface area contributed by atoms with E-state index in [1.165, 1.54) is 36.4 Å². The second-order valence-corrected chi connectivity index (χ2v) is 4.24. The maximum Gasteiger partial charge on any atom is 0.270 e. The zero-order chi connectivity index (χ0) is 14.8. The highest BCUT2D eigenvalue weighted by Crippen LogP contribution is 2.25. The topological polar surface area (TPSA) is 82.1 Å². The smallest absolute Gasteiger partial charge is 0.270 e. The van der Waals surface area contributed by atoms with Gasteiger partial charge in [0.2, 0.25) is 5.82 Å². The second-order valence-electron chi connectivity index (χ2n) is 4.24. The quantitative estimate of drug-likeness (QED) is 0.543. The van der Waals surface area contributed by atoms with Crippen molar-refractivity contribution >= 4 is 5.69 Å². The van der Waals surface area contributed by atoms with Crippen LogP contribution in [0.5, 0.6) is 0 Å². The molecule has 1 aromatic heterocycles. The van der Waals surface area contributed by atoms with Crippen molar-refractivity contribution in [2.24, 2.45) is 0 Å². The van der Waals surface area contributed by atoms with Crippen LogP contribution in [0, 0.1) is 15.9 Å². The number of non-ortho nitro benzene ring substituents is 1. The number of hydrogen-bond acceptors (Lipinski definition) is 5. The molecule has 0 unspecified atom stereocenters. The van der Waals surface area contributed by atoms with Crippen molar-refractivity contribution in [3.63, 3.8) is 0 Å². The van der Waals surface area contributed by atoms with Gasteiger partial charge in [-0.15, -0.1) is 0 Å². The van der Waals surface area contributed by atoms with E-state index in [-0.39, 0.29) is 17.4 Å². The predicted molar refractivity (Wildman–Crippen MR) is 71.8 cm³/mol. The van der Waals surface area contributed by atoms with Crippen molar-refractivity contribution < 1.29 is 13.8 Å². The Bertz CT molecular complexity index is 816. The van der Waals surface area contributed by atoms with Crippen molar-refractivity contribution in [1.29, 1.82) is 0 Å². The van der Waals surface area contributed by atoms with Gasteiger partial charge in [-0.1, -0.05) is 23.4 Å². The van der Waals surface area contributed by atoms with Crippen molar-refractivity contribution in [2.75, 3.05) is 0 Å². The van der Waals surface area contributed by atoms with Crippen LogP contribution < -0.4 is 0 Å². The molecule has 2 aromatic carbocycles. The number of halogens is 1. The van der Waals surface area contributed by atoms with Gasteiger partial charge in [-0.25, -0.2) is 4.39 Å². The molecule has 0 aliphatic carbocycles. The van der Waals surface area contributed by atoms with Crippen LogP contribution in [0.1, 0.15) is 0 Å². The minimum Gasteiger partial charge on any atom is -0.334 e. The first kappa shape index (κ1) is 12.9. The standard InChI is InChI=1S/C14H8FN3O3/c15-11-5-1-4-10(7-11)14-16-13(17-21-14)9-3-2-6-12(8-9)18(19)20/h1-8H. The van der Waals surface area contributed by atoms with Gasteiger partial charge in [-0.3, -0.25) is 10.1 Å². The van der Waals surface area contributed by atoms with Gasteiger partial charge >= 0.3 is 0 Å². The first-order valence-corrected chi connectivity index (χ1v) is 5.98. The number of nitrogens with zero attached hydrogens (tertiary/aromatic N) is 3. The average molecular weight is 285 g/mol. The highest BCUT2D eigenvalue weighted by Gasteiger charge is 2.13. The molecule has 0 amide bonds. The number of nitro groups is 1. The van der Waals surface area contributed by atoms with Crippen LogP contribution in [-0.2, 0) is 0 Å². The van der Waals surface area contributed by atoms with Gasteiger partial charge in [-0.2, -0.15) is 4.98 Å². The molecular weight excluding hydrogens is 277 g/mol. The van der Waals surface area contributed by atoms with Gasteiger partial charge in [0.25, 0.3) is 11.6 Å². The number of aromatic nitrogens is 2. The maximum atomic E-state index is 13.2. The molecule has 0 saturated carbocycles. The van der Waals surface area contributed by atoms with Crippen LogP contribution in [0.3, 0.4) is 0 Å². The summed E-state index contributed by atoms with van der Waals surface area (Å²) in [6.45, 7) is 0. The third-order valence-electron chi connectivity index (χ3n) is 2.81. The largest absolute Gasteiger partial charge is 0.334 e. The molecular formula is C14H8FN3O3. The van der Waals surface area contributed by atoms with E-state index in [0.29, 0.717) is 11.1 Å². The molecule has 3 aromatic rings. The molecule has 21 heavy (non-hydrogen) atoms. The Balaban J connectivity index is 1.98. The Kier molecular flexibility index (Phi) is 3.15. The molecule has 0 atom stereocenters.